The summed E-state index contributed by atoms with van der Waals surface area (Å²) in [4.78, 5) is 11.8. The Morgan fingerprint density at radius 1 is 1.12 bits per heavy atom. The summed E-state index contributed by atoms with van der Waals surface area (Å²) in [6, 6.07) is 16.0. The van der Waals surface area contributed by atoms with Crippen molar-refractivity contribution in [3.05, 3.63) is 60.4 Å². The average Bonchev–Trinajstić information content (AvgIpc) is 3.09. The van der Waals surface area contributed by atoms with E-state index in [2.05, 4.69) is 15.8 Å². The number of fused-ring (bicyclic) bond motifs is 1. The van der Waals surface area contributed by atoms with Crippen molar-refractivity contribution in [3.8, 4) is 0 Å². The molecule has 9 heteroatoms. The predicted molar refractivity (Wildman–Crippen MR) is 96.7 cm³/mol. The van der Waals surface area contributed by atoms with E-state index in [4.69, 9.17) is 8.97 Å². The lowest BCUT2D eigenvalue weighted by Crippen LogP contribution is -2.25. The number of carbonyl (C=O) groups is 1. The van der Waals surface area contributed by atoms with Crippen molar-refractivity contribution < 1.29 is 22.2 Å². The Morgan fingerprint density at radius 2 is 1.88 bits per heavy atom. The number of anilines is 1. The number of amides is 1. The number of carbonyl (C=O) groups excluding carboxylic acids is 1. The molecule has 1 aromatic heterocycles. The molecule has 0 spiro atoms. The Balaban J connectivity index is 1.53. The molecule has 0 unspecified atom stereocenters. The monoisotopic (exact) mass is 373 g/mol. The van der Waals surface area contributed by atoms with Crippen molar-refractivity contribution in [2.45, 2.75) is 5.09 Å². The van der Waals surface area contributed by atoms with E-state index in [1.165, 1.54) is 6.07 Å². The Kier molecular flexibility index (Phi) is 5.01. The van der Waals surface area contributed by atoms with Crippen molar-refractivity contribution >= 4 is 38.7 Å². The molecule has 26 heavy (non-hydrogen) atoms. The quantitative estimate of drug-likeness (QED) is 0.346. The maximum absolute atomic E-state index is 11.8. The highest BCUT2D eigenvalue weighted by molar-refractivity contribution is 7.85. The van der Waals surface area contributed by atoms with Gasteiger partial charge in [-0.1, -0.05) is 30.3 Å². The molecule has 3 rings (SSSR count). The van der Waals surface area contributed by atoms with Crippen LogP contribution in [0.2, 0.25) is 0 Å². The largest absolute Gasteiger partial charge is 0.441 e. The summed E-state index contributed by atoms with van der Waals surface area (Å²) >= 11 is 0. The van der Waals surface area contributed by atoms with Gasteiger partial charge in [-0.25, -0.2) is 5.43 Å². The number of nitrogens with zero attached hydrogens (tertiary/aromatic N) is 1. The Bertz CT molecular complexity index is 1070. The Hall–Kier alpha value is -3.17. The number of rotatable bonds is 6. The van der Waals surface area contributed by atoms with Crippen LogP contribution in [0.1, 0.15) is 5.76 Å². The second-order valence-corrected chi connectivity index (χ2v) is 6.69. The second-order valence-electron chi connectivity index (χ2n) is 5.34. The van der Waals surface area contributed by atoms with E-state index < -0.39 is 21.1 Å². The van der Waals surface area contributed by atoms with Gasteiger partial charge in [0.25, 0.3) is 5.91 Å². The first-order valence-corrected chi connectivity index (χ1v) is 8.98. The number of furan rings is 1. The van der Waals surface area contributed by atoms with Gasteiger partial charge in [0.1, 0.15) is 5.76 Å². The molecular formula is C17H15N3O5S. The normalized spacial score (nSPS) is 11.7. The van der Waals surface area contributed by atoms with Gasteiger partial charge in [-0.05, 0) is 35.0 Å². The predicted octanol–water partition coefficient (Wildman–Crippen LogP) is 2.24. The van der Waals surface area contributed by atoms with Crippen LogP contribution in [0, 0.1) is 0 Å². The first kappa shape index (κ1) is 17.6. The number of hydrazone groups is 1. The molecule has 8 nitrogen and oxygen atoms in total. The molecule has 1 amide bonds. The van der Waals surface area contributed by atoms with Gasteiger partial charge in [0.2, 0.25) is 5.09 Å². The molecule has 0 saturated heterocycles. The zero-order chi connectivity index (χ0) is 18.6. The highest BCUT2D eigenvalue weighted by atomic mass is 32.2. The van der Waals surface area contributed by atoms with E-state index in [-0.39, 0.29) is 12.3 Å². The van der Waals surface area contributed by atoms with Gasteiger partial charge in [-0.15, -0.1) is 0 Å². The van der Waals surface area contributed by atoms with Crippen LogP contribution in [0.5, 0.6) is 0 Å². The summed E-state index contributed by atoms with van der Waals surface area (Å²) in [6.07, 6.45) is 1.13. The van der Waals surface area contributed by atoms with Crippen molar-refractivity contribution in [2.75, 3.05) is 11.9 Å². The molecule has 134 valence electrons. The molecule has 0 aliphatic rings. The van der Waals surface area contributed by atoms with Crippen molar-refractivity contribution in [1.29, 1.82) is 0 Å². The maximum Gasteiger partial charge on any atom is 0.328 e. The molecule has 0 saturated carbocycles. The first-order chi connectivity index (χ1) is 12.4. The number of hydrogen-bond acceptors (Lipinski definition) is 6. The zero-order valence-electron chi connectivity index (χ0n) is 13.4. The minimum Gasteiger partial charge on any atom is -0.441 e. The van der Waals surface area contributed by atoms with Gasteiger partial charge >= 0.3 is 10.1 Å². The third kappa shape index (κ3) is 4.47. The third-order valence-corrected chi connectivity index (χ3v) is 4.17. The molecule has 0 fully saturated rings. The summed E-state index contributed by atoms with van der Waals surface area (Å²) in [6.45, 7) is 0.00407. The fraction of sp³-hybridized carbons (Fsp3) is 0.0588. The molecule has 3 N–H and O–H groups in total. The van der Waals surface area contributed by atoms with E-state index in [9.17, 15) is 13.2 Å². The van der Waals surface area contributed by atoms with Crippen LogP contribution in [0.25, 0.3) is 10.8 Å². The highest BCUT2D eigenvalue weighted by Crippen LogP contribution is 2.18. The molecule has 0 aliphatic carbocycles. The summed E-state index contributed by atoms with van der Waals surface area (Å²) < 4.78 is 35.4. The van der Waals surface area contributed by atoms with E-state index >= 15 is 0 Å². The van der Waals surface area contributed by atoms with Gasteiger partial charge < -0.3 is 9.73 Å². The minimum absolute atomic E-state index is 0.00407. The van der Waals surface area contributed by atoms with Crippen LogP contribution >= 0.6 is 0 Å². The highest BCUT2D eigenvalue weighted by Gasteiger charge is 2.14. The molecular weight excluding hydrogens is 358 g/mol. The first-order valence-electron chi connectivity index (χ1n) is 7.54. The van der Waals surface area contributed by atoms with Gasteiger partial charge in [0, 0.05) is 5.69 Å². The topological polar surface area (TPSA) is 121 Å². The molecule has 0 aliphatic heterocycles. The van der Waals surface area contributed by atoms with Gasteiger partial charge in [0.05, 0.1) is 12.8 Å². The van der Waals surface area contributed by atoms with Crippen LogP contribution in [0.4, 0.5) is 5.69 Å². The van der Waals surface area contributed by atoms with Crippen molar-refractivity contribution in [2.24, 2.45) is 5.10 Å². The lowest BCUT2D eigenvalue weighted by molar-refractivity contribution is -0.119. The standard InChI is InChI=1S/C17H15N3O5S/c21-16(20-19-10-15-7-8-17(25-15)26(22,23)24)11-18-14-6-5-12-3-1-2-4-13(12)9-14/h1-10,18H,11H2,(H,20,21)(H,22,23,24)/b19-10-. The summed E-state index contributed by atoms with van der Waals surface area (Å²) in [5.74, 6) is -0.323. The zero-order valence-corrected chi connectivity index (χ0v) is 14.2. The molecule has 0 atom stereocenters. The smallest absolute Gasteiger partial charge is 0.328 e. The lowest BCUT2D eigenvalue weighted by atomic mass is 10.1. The molecule has 1 heterocycles. The van der Waals surface area contributed by atoms with E-state index in [1.54, 1.807) is 0 Å². The van der Waals surface area contributed by atoms with E-state index in [0.29, 0.717) is 0 Å². The average molecular weight is 373 g/mol. The Morgan fingerprint density at radius 3 is 2.62 bits per heavy atom. The molecule has 0 bridgehead atoms. The number of nitrogens with one attached hydrogen (secondary N) is 2. The molecule has 2 aromatic carbocycles. The summed E-state index contributed by atoms with van der Waals surface area (Å²) in [7, 11) is -4.40. The fourth-order valence-electron chi connectivity index (χ4n) is 2.23. The van der Waals surface area contributed by atoms with E-state index in [1.807, 2.05) is 42.5 Å². The van der Waals surface area contributed by atoms with Crippen LogP contribution < -0.4 is 10.7 Å². The van der Waals surface area contributed by atoms with Gasteiger partial charge in [0.15, 0.2) is 0 Å². The van der Waals surface area contributed by atoms with Gasteiger partial charge in [-0.3, -0.25) is 9.35 Å². The Labute approximate surface area is 149 Å². The van der Waals surface area contributed by atoms with Gasteiger partial charge in [-0.2, -0.15) is 13.5 Å². The van der Waals surface area contributed by atoms with Crippen molar-refractivity contribution in [3.63, 3.8) is 0 Å². The third-order valence-electron chi connectivity index (χ3n) is 3.44. The SMILES string of the molecule is O=C(CNc1ccc2ccccc2c1)N/N=C\c1ccc(S(=O)(=O)O)o1. The van der Waals surface area contributed by atoms with Crippen LogP contribution in [0.15, 0.2) is 69.2 Å². The minimum atomic E-state index is -4.40. The maximum atomic E-state index is 11.8. The molecule has 3 aromatic rings. The van der Waals surface area contributed by atoms with E-state index in [0.717, 1.165) is 28.7 Å². The lowest BCUT2D eigenvalue weighted by Gasteiger charge is -2.06. The van der Waals surface area contributed by atoms with Crippen molar-refractivity contribution in [1.82, 2.24) is 5.43 Å². The van der Waals surface area contributed by atoms with Crippen LogP contribution in [0.3, 0.4) is 0 Å². The van der Waals surface area contributed by atoms with Crippen LogP contribution in [-0.2, 0) is 14.9 Å². The summed E-state index contributed by atoms with van der Waals surface area (Å²) in [5, 5.41) is 8.22. The fourth-order valence-corrected chi connectivity index (χ4v) is 2.67. The molecule has 0 radical (unpaired) electrons. The number of benzene rings is 2. The number of hydrogen-bond donors (Lipinski definition) is 3. The van der Waals surface area contributed by atoms with Crippen LogP contribution in [-0.4, -0.2) is 31.6 Å². The summed E-state index contributed by atoms with van der Waals surface area (Å²) in [5.41, 5.74) is 3.08. The second kappa shape index (κ2) is 7.38.